The number of aryl methyl sites for hydroxylation is 1. The summed E-state index contributed by atoms with van der Waals surface area (Å²) in [6.45, 7) is 2.12. The Bertz CT molecular complexity index is 1600. The summed E-state index contributed by atoms with van der Waals surface area (Å²) < 4.78 is 6.05. The predicted octanol–water partition coefficient (Wildman–Crippen LogP) is 8.31. The number of ether oxygens (including phenoxy) is 1. The monoisotopic (exact) mass is 516 g/mol. The van der Waals surface area contributed by atoms with Crippen LogP contribution in [0.1, 0.15) is 43.4 Å². The lowest BCUT2D eigenvalue weighted by Crippen LogP contribution is -2.49. The number of pyridine rings is 1. The van der Waals surface area contributed by atoms with Crippen molar-refractivity contribution in [2.24, 2.45) is 0 Å². The Kier molecular flexibility index (Phi) is 6.76. The molecule has 3 aromatic carbocycles. The first-order valence-corrected chi connectivity index (χ1v) is 13.6. The van der Waals surface area contributed by atoms with Crippen LogP contribution >= 0.6 is 0 Å². The maximum absolute atomic E-state index is 13.4. The van der Waals surface area contributed by atoms with Gasteiger partial charge in [0.1, 0.15) is 5.75 Å². The summed E-state index contributed by atoms with van der Waals surface area (Å²) in [5.41, 5.74) is 5.27. The highest BCUT2D eigenvalue weighted by Gasteiger charge is 2.37. The van der Waals surface area contributed by atoms with Crippen LogP contribution in [-0.2, 0) is 5.54 Å². The number of aromatic nitrogens is 2. The SMILES string of the molecule is Cc1cc(-c2c[nH]c(C3(NC(=O)Nc4ccccc4Oc4ccccc4)CCCCC3)c2)nc2ccccc12. The first-order chi connectivity index (χ1) is 19.1. The summed E-state index contributed by atoms with van der Waals surface area (Å²) in [6.07, 6.45) is 7.01. The number of carbonyl (C=O) groups is 1. The Labute approximate surface area is 228 Å². The Morgan fingerprint density at radius 1 is 0.897 bits per heavy atom. The topological polar surface area (TPSA) is 79.0 Å². The van der Waals surface area contributed by atoms with E-state index in [-0.39, 0.29) is 6.03 Å². The van der Waals surface area contributed by atoms with Gasteiger partial charge in [0.05, 0.1) is 22.4 Å². The van der Waals surface area contributed by atoms with Crippen molar-refractivity contribution >= 4 is 22.6 Å². The van der Waals surface area contributed by atoms with Crippen molar-refractivity contribution in [3.63, 3.8) is 0 Å². The molecule has 0 unspecified atom stereocenters. The van der Waals surface area contributed by atoms with Gasteiger partial charge in [0.2, 0.25) is 0 Å². The average molecular weight is 517 g/mol. The lowest BCUT2D eigenvalue weighted by Gasteiger charge is -2.37. The van der Waals surface area contributed by atoms with Crippen LogP contribution in [0, 0.1) is 6.92 Å². The van der Waals surface area contributed by atoms with Gasteiger partial charge in [-0.3, -0.25) is 0 Å². The van der Waals surface area contributed by atoms with Gasteiger partial charge in [-0.05, 0) is 67.8 Å². The summed E-state index contributed by atoms with van der Waals surface area (Å²) in [5, 5.41) is 7.54. The number of hydrogen-bond acceptors (Lipinski definition) is 3. The van der Waals surface area contributed by atoms with E-state index in [0.717, 1.165) is 60.0 Å². The molecule has 2 heterocycles. The zero-order valence-corrected chi connectivity index (χ0v) is 22.0. The molecule has 0 saturated heterocycles. The summed E-state index contributed by atoms with van der Waals surface area (Å²) in [4.78, 5) is 21.8. The molecule has 0 atom stereocenters. The predicted molar refractivity (Wildman–Crippen MR) is 156 cm³/mol. The Morgan fingerprint density at radius 3 is 2.49 bits per heavy atom. The number of rotatable bonds is 6. The van der Waals surface area contributed by atoms with Crippen LogP contribution in [0.15, 0.2) is 97.2 Å². The minimum absolute atomic E-state index is 0.253. The number of urea groups is 1. The standard InChI is InChI=1S/C33H32N4O2/c1-23-20-29(35-27-15-7-6-14-26(23)27)24-21-31(34-22-24)33(18-10-3-11-19-33)37-32(38)36-28-16-8-9-17-30(28)39-25-12-4-2-5-13-25/h2,4-9,12-17,20-22,34H,3,10-11,18-19H2,1H3,(H2,36,37,38). The largest absolute Gasteiger partial charge is 0.455 e. The third-order valence-corrected chi connectivity index (χ3v) is 7.58. The molecule has 5 aromatic rings. The van der Waals surface area contributed by atoms with Gasteiger partial charge < -0.3 is 20.4 Å². The van der Waals surface area contributed by atoms with Crippen LogP contribution in [0.4, 0.5) is 10.5 Å². The lowest BCUT2D eigenvalue weighted by atomic mass is 9.79. The average Bonchev–Trinajstić information content (AvgIpc) is 3.47. The Morgan fingerprint density at radius 2 is 1.64 bits per heavy atom. The van der Waals surface area contributed by atoms with E-state index in [0.29, 0.717) is 17.2 Å². The molecule has 1 fully saturated rings. The molecule has 1 saturated carbocycles. The lowest BCUT2D eigenvalue weighted by molar-refractivity contribution is 0.210. The number of nitrogens with zero attached hydrogens (tertiary/aromatic N) is 1. The molecule has 196 valence electrons. The molecular formula is C33H32N4O2. The molecule has 0 radical (unpaired) electrons. The van der Waals surface area contributed by atoms with Crippen LogP contribution < -0.4 is 15.4 Å². The molecule has 0 spiro atoms. The molecule has 0 aliphatic heterocycles. The minimum atomic E-state index is -0.484. The number of amides is 2. The molecule has 2 aromatic heterocycles. The van der Waals surface area contributed by atoms with Crippen LogP contribution in [0.5, 0.6) is 11.5 Å². The van der Waals surface area contributed by atoms with E-state index in [1.54, 1.807) is 0 Å². The normalized spacial score (nSPS) is 14.6. The first-order valence-electron chi connectivity index (χ1n) is 13.6. The maximum atomic E-state index is 13.4. The number of para-hydroxylation sites is 4. The maximum Gasteiger partial charge on any atom is 0.320 e. The summed E-state index contributed by atoms with van der Waals surface area (Å²) in [7, 11) is 0. The fourth-order valence-electron chi connectivity index (χ4n) is 5.58. The van der Waals surface area contributed by atoms with Crippen LogP contribution in [-0.4, -0.2) is 16.0 Å². The number of benzene rings is 3. The molecule has 0 bridgehead atoms. The van der Waals surface area contributed by atoms with Gasteiger partial charge in [0.25, 0.3) is 0 Å². The fourth-order valence-corrected chi connectivity index (χ4v) is 5.58. The van der Waals surface area contributed by atoms with Gasteiger partial charge >= 0.3 is 6.03 Å². The zero-order chi connectivity index (χ0) is 26.7. The van der Waals surface area contributed by atoms with Crippen LogP contribution in [0.25, 0.3) is 22.2 Å². The second kappa shape index (κ2) is 10.7. The van der Waals surface area contributed by atoms with E-state index in [1.165, 1.54) is 5.56 Å². The number of nitrogens with one attached hydrogen (secondary N) is 3. The second-order valence-electron chi connectivity index (χ2n) is 10.3. The first kappa shape index (κ1) is 24.7. The number of anilines is 1. The Balaban J connectivity index is 1.25. The molecule has 39 heavy (non-hydrogen) atoms. The van der Waals surface area contributed by atoms with Gasteiger partial charge in [-0.25, -0.2) is 9.78 Å². The number of hydrogen-bond donors (Lipinski definition) is 3. The second-order valence-corrected chi connectivity index (χ2v) is 10.3. The Hall–Kier alpha value is -4.58. The highest BCUT2D eigenvalue weighted by molar-refractivity contribution is 5.91. The molecule has 1 aliphatic rings. The highest BCUT2D eigenvalue weighted by Crippen LogP contribution is 2.39. The van der Waals surface area contributed by atoms with Crippen LogP contribution in [0.3, 0.4) is 0 Å². The fraction of sp³-hybridized carbons (Fsp3) is 0.212. The molecule has 6 rings (SSSR count). The number of fused-ring (bicyclic) bond motifs is 1. The summed E-state index contributed by atoms with van der Waals surface area (Å²) in [6, 6.07) is 29.3. The molecule has 3 N–H and O–H groups in total. The number of aromatic amines is 1. The van der Waals surface area contributed by atoms with Gasteiger partial charge in [0, 0.05) is 22.8 Å². The third-order valence-electron chi connectivity index (χ3n) is 7.58. The van der Waals surface area contributed by atoms with E-state index in [2.05, 4.69) is 40.7 Å². The smallest absolute Gasteiger partial charge is 0.320 e. The van der Waals surface area contributed by atoms with Gasteiger partial charge in [0.15, 0.2) is 5.75 Å². The van der Waals surface area contributed by atoms with Crippen molar-refractivity contribution in [2.45, 2.75) is 44.6 Å². The van der Waals surface area contributed by atoms with Crippen molar-refractivity contribution in [2.75, 3.05) is 5.32 Å². The number of H-pyrrole nitrogens is 1. The molecular weight excluding hydrogens is 484 g/mol. The van der Waals surface area contributed by atoms with Gasteiger partial charge in [-0.1, -0.05) is 67.8 Å². The van der Waals surface area contributed by atoms with E-state index in [4.69, 9.17) is 9.72 Å². The minimum Gasteiger partial charge on any atom is -0.455 e. The van der Waals surface area contributed by atoms with Crippen molar-refractivity contribution in [3.05, 3.63) is 108 Å². The zero-order valence-electron chi connectivity index (χ0n) is 22.0. The molecule has 6 heteroatoms. The van der Waals surface area contributed by atoms with E-state index in [1.807, 2.05) is 79.0 Å². The van der Waals surface area contributed by atoms with Crippen LogP contribution in [0.2, 0.25) is 0 Å². The quantitative estimate of drug-likeness (QED) is 0.212. The molecule has 6 nitrogen and oxygen atoms in total. The molecule has 1 aliphatic carbocycles. The summed E-state index contributed by atoms with van der Waals surface area (Å²) >= 11 is 0. The number of carbonyl (C=O) groups excluding carboxylic acids is 1. The highest BCUT2D eigenvalue weighted by atomic mass is 16.5. The van der Waals surface area contributed by atoms with E-state index < -0.39 is 5.54 Å². The third kappa shape index (κ3) is 5.23. The summed E-state index contributed by atoms with van der Waals surface area (Å²) in [5.74, 6) is 1.31. The van der Waals surface area contributed by atoms with Crippen molar-refractivity contribution in [1.82, 2.24) is 15.3 Å². The van der Waals surface area contributed by atoms with Crippen molar-refractivity contribution in [1.29, 1.82) is 0 Å². The van der Waals surface area contributed by atoms with Gasteiger partial charge in [-0.2, -0.15) is 0 Å². The molecule has 2 amide bonds. The van der Waals surface area contributed by atoms with E-state index >= 15 is 0 Å². The van der Waals surface area contributed by atoms with E-state index in [9.17, 15) is 4.79 Å². The van der Waals surface area contributed by atoms with Crippen molar-refractivity contribution in [3.8, 4) is 22.8 Å². The van der Waals surface area contributed by atoms with Gasteiger partial charge in [-0.15, -0.1) is 0 Å². The van der Waals surface area contributed by atoms with Crippen molar-refractivity contribution < 1.29 is 9.53 Å².